The van der Waals surface area contributed by atoms with Gasteiger partial charge < -0.3 is 20.2 Å². The highest BCUT2D eigenvalue weighted by molar-refractivity contribution is 7.92. The molecule has 6 rings (SSSR count). The Morgan fingerprint density at radius 3 is 2.52 bits per heavy atom. The molecule has 3 heterocycles. The monoisotopic (exact) mass is 688 g/mol. The Morgan fingerprint density at radius 1 is 1.06 bits per heavy atom. The van der Waals surface area contributed by atoms with Crippen molar-refractivity contribution in [3.63, 3.8) is 0 Å². The van der Waals surface area contributed by atoms with Gasteiger partial charge in [0, 0.05) is 36.4 Å². The second-order valence-corrected chi connectivity index (χ2v) is 14.5. The number of thiophene rings is 1. The van der Waals surface area contributed by atoms with Crippen LogP contribution in [0.5, 0.6) is 5.75 Å². The molecule has 12 nitrogen and oxygen atoms in total. The van der Waals surface area contributed by atoms with E-state index in [9.17, 15) is 27.9 Å². The molecule has 0 spiro atoms. The number of hydrazine groups is 1. The number of carbonyl (C=O) groups excluding carboxylic acids is 3. The van der Waals surface area contributed by atoms with Crippen LogP contribution in [0.2, 0.25) is 0 Å². The molecule has 4 amide bonds. The van der Waals surface area contributed by atoms with Gasteiger partial charge in [0.25, 0.3) is 0 Å². The zero-order valence-corrected chi connectivity index (χ0v) is 27.9. The molecule has 1 aromatic heterocycles. The summed E-state index contributed by atoms with van der Waals surface area (Å²) in [5.41, 5.74) is 2.86. The maximum absolute atomic E-state index is 14.4. The number of carbonyl (C=O) groups is 3. The van der Waals surface area contributed by atoms with Gasteiger partial charge >= 0.3 is 6.03 Å². The van der Waals surface area contributed by atoms with Gasteiger partial charge in [-0.05, 0) is 57.8 Å². The SMILES string of the molecule is C=CCN1CC(=O)N2[C@@H](Cc3ccc(O)cc3)C(=O)N(Cc3csc4ccc(NS(C)(=O)=O)cc34)C[C@@H]2N1C(=O)NCc1ccccc1. The third-order valence-electron chi connectivity index (χ3n) is 8.35. The molecule has 0 bridgehead atoms. The van der Waals surface area contributed by atoms with E-state index in [0.29, 0.717) is 5.69 Å². The quantitative estimate of drug-likeness (QED) is 0.216. The van der Waals surface area contributed by atoms with Crippen molar-refractivity contribution < 1.29 is 27.9 Å². The van der Waals surface area contributed by atoms with Crippen LogP contribution in [0.15, 0.2) is 90.8 Å². The van der Waals surface area contributed by atoms with Crippen LogP contribution in [0, 0.1) is 0 Å². The summed E-state index contributed by atoms with van der Waals surface area (Å²) in [7, 11) is -3.50. The number of urea groups is 1. The molecule has 0 radical (unpaired) electrons. The summed E-state index contributed by atoms with van der Waals surface area (Å²) in [5, 5.41) is 18.7. The molecule has 48 heavy (non-hydrogen) atoms. The maximum Gasteiger partial charge on any atom is 0.334 e. The van der Waals surface area contributed by atoms with Crippen molar-refractivity contribution in [2.24, 2.45) is 0 Å². The van der Waals surface area contributed by atoms with Gasteiger partial charge in [-0.2, -0.15) is 0 Å². The topological polar surface area (TPSA) is 143 Å². The number of sulfonamides is 1. The molecule has 2 saturated heterocycles. The molecular formula is C34H36N6O6S2. The first-order valence-corrected chi connectivity index (χ1v) is 18.1. The lowest BCUT2D eigenvalue weighted by atomic mass is 9.98. The van der Waals surface area contributed by atoms with Crippen LogP contribution < -0.4 is 10.0 Å². The first-order chi connectivity index (χ1) is 23.0. The number of hydrogen-bond donors (Lipinski definition) is 3. The molecule has 0 saturated carbocycles. The predicted octanol–water partition coefficient (Wildman–Crippen LogP) is 3.72. The molecule has 14 heteroatoms. The Kier molecular flexibility index (Phi) is 9.40. The number of nitrogens with one attached hydrogen (secondary N) is 2. The fraction of sp³-hybridized carbons (Fsp3) is 0.265. The fourth-order valence-corrected chi connectivity index (χ4v) is 7.73. The number of hydrogen-bond acceptors (Lipinski definition) is 8. The molecule has 2 fully saturated rings. The Balaban J connectivity index is 1.36. The molecule has 0 aliphatic carbocycles. The number of anilines is 1. The zero-order chi connectivity index (χ0) is 34.0. The molecule has 2 aliphatic heterocycles. The van der Waals surface area contributed by atoms with E-state index in [0.717, 1.165) is 33.0 Å². The van der Waals surface area contributed by atoms with Gasteiger partial charge in [-0.15, -0.1) is 17.9 Å². The van der Waals surface area contributed by atoms with Gasteiger partial charge in [0.05, 0.1) is 19.3 Å². The number of piperazine rings is 1. The Morgan fingerprint density at radius 2 is 1.81 bits per heavy atom. The van der Waals surface area contributed by atoms with E-state index in [2.05, 4.69) is 16.6 Å². The fourth-order valence-electron chi connectivity index (χ4n) is 6.24. The standard InChI is InChI=1S/C34H36N6O6S2/c1-3-15-38-21-32(42)39-29(16-23-9-12-27(41)13-10-23)33(43)37(20-31(39)40(38)34(44)35-18-24-7-5-4-6-8-24)19-25-22-47-30-14-11-26(17-28(25)30)36-48(2,45)46/h3-14,17,22,29,31,36,41H,1,15-16,18-21H2,2H3,(H,35,44)/t29-,31-/m0/s1. The van der Waals surface area contributed by atoms with Crippen molar-refractivity contribution in [1.82, 2.24) is 25.1 Å². The summed E-state index contributed by atoms with van der Waals surface area (Å²) in [5.74, 6) is -0.486. The van der Waals surface area contributed by atoms with Gasteiger partial charge in [-0.1, -0.05) is 48.5 Å². The number of phenolic OH excluding ortho intramolecular Hbond substituents is 1. The van der Waals surface area contributed by atoms with Crippen LogP contribution in [0.4, 0.5) is 10.5 Å². The van der Waals surface area contributed by atoms with E-state index < -0.39 is 28.3 Å². The summed E-state index contributed by atoms with van der Waals surface area (Å²) in [6, 6.07) is 19.9. The average Bonchev–Trinajstić information content (AvgIpc) is 3.44. The number of fused-ring (bicyclic) bond motifs is 2. The summed E-state index contributed by atoms with van der Waals surface area (Å²) in [6.07, 6.45) is 2.06. The van der Waals surface area contributed by atoms with Crippen LogP contribution >= 0.6 is 11.3 Å². The van der Waals surface area contributed by atoms with Crippen molar-refractivity contribution in [3.05, 3.63) is 108 Å². The third-order valence-corrected chi connectivity index (χ3v) is 9.97. The zero-order valence-electron chi connectivity index (χ0n) is 26.3. The minimum atomic E-state index is -3.50. The van der Waals surface area contributed by atoms with E-state index >= 15 is 0 Å². The highest BCUT2D eigenvalue weighted by Crippen LogP contribution is 2.33. The minimum Gasteiger partial charge on any atom is -0.508 e. The lowest BCUT2D eigenvalue weighted by Crippen LogP contribution is -2.76. The van der Waals surface area contributed by atoms with Gasteiger partial charge in [-0.3, -0.25) is 14.3 Å². The number of nitrogens with zero attached hydrogens (tertiary/aromatic N) is 4. The Bertz CT molecular complexity index is 1950. The molecular weight excluding hydrogens is 653 g/mol. The number of amides is 4. The second kappa shape index (κ2) is 13.7. The van der Waals surface area contributed by atoms with Gasteiger partial charge in [0.1, 0.15) is 18.0 Å². The molecule has 3 N–H and O–H groups in total. The predicted molar refractivity (Wildman–Crippen MR) is 184 cm³/mol. The van der Waals surface area contributed by atoms with Crippen molar-refractivity contribution >= 4 is 55.0 Å². The van der Waals surface area contributed by atoms with Gasteiger partial charge in [-0.25, -0.2) is 23.2 Å². The van der Waals surface area contributed by atoms with E-state index in [1.807, 2.05) is 41.8 Å². The van der Waals surface area contributed by atoms with Crippen molar-refractivity contribution in [3.8, 4) is 5.75 Å². The summed E-state index contributed by atoms with van der Waals surface area (Å²) in [4.78, 5) is 45.3. The molecule has 2 aliphatic rings. The summed E-state index contributed by atoms with van der Waals surface area (Å²) < 4.78 is 27.3. The molecule has 250 valence electrons. The smallest absolute Gasteiger partial charge is 0.334 e. The Labute approximate surface area is 282 Å². The lowest BCUT2D eigenvalue weighted by molar-refractivity contribution is -0.189. The van der Waals surface area contributed by atoms with E-state index in [4.69, 9.17) is 0 Å². The van der Waals surface area contributed by atoms with Gasteiger partial charge in [0.2, 0.25) is 21.8 Å². The van der Waals surface area contributed by atoms with Crippen molar-refractivity contribution in [1.29, 1.82) is 0 Å². The molecule has 3 aromatic carbocycles. The second-order valence-electron chi connectivity index (χ2n) is 11.9. The first-order valence-electron chi connectivity index (χ1n) is 15.3. The van der Waals surface area contributed by atoms with Crippen LogP contribution in [0.1, 0.15) is 16.7 Å². The third kappa shape index (κ3) is 7.15. The number of aromatic hydroxyl groups is 1. The molecule has 2 atom stereocenters. The lowest BCUT2D eigenvalue weighted by Gasteiger charge is -2.55. The average molecular weight is 689 g/mol. The van der Waals surface area contributed by atoms with Crippen LogP contribution in [0.3, 0.4) is 0 Å². The van der Waals surface area contributed by atoms with E-state index in [1.54, 1.807) is 40.3 Å². The number of phenols is 1. The van der Waals surface area contributed by atoms with Gasteiger partial charge in [0.15, 0.2) is 0 Å². The normalized spacial score (nSPS) is 18.6. The number of benzene rings is 3. The van der Waals surface area contributed by atoms with Crippen LogP contribution in [-0.2, 0) is 39.1 Å². The number of rotatable bonds is 10. The maximum atomic E-state index is 14.4. The highest BCUT2D eigenvalue weighted by atomic mass is 32.2. The minimum absolute atomic E-state index is 0.0433. The summed E-state index contributed by atoms with van der Waals surface area (Å²) >= 11 is 1.48. The van der Waals surface area contributed by atoms with E-state index in [-0.39, 0.29) is 56.7 Å². The summed E-state index contributed by atoms with van der Waals surface area (Å²) in [6.45, 7) is 4.43. The Hall–Kier alpha value is -4.92. The first kappa shape index (κ1) is 33.0. The molecule has 0 unspecified atom stereocenters. The van der Waals surface area contributed by atoms with Crippen molar-refractivity contribution in [2.45, 2.75) is 31.7 Å². The van der Waals surface area contributed by atoms with E-state index in [1.165, 1.54) is 33.4 Å². The van der Waals surface area contributed by atoms with Crippen LogP contribution in [-0.4, -0.2) is 89.3 Å². The van der Waals surface area contributed by atoms with Crippen LogP contribution in [0.25, 0.3) is 10.1 Å². The van der Waals surface area contributed by atoms with Crippen molar-refractivity contribution in [2.75, 3.05) is 30.6 Å². The largest absolute Gasteiger partial charge is 0.508 e. The highest BCUT2D eigenvalue weighted by Gasteiger charge is 2.51. The molecule has 4 aromatic rings.